The van der Waals surface area contributed by atoms with Gasteiger partial charge in [-0.1, -0.05) is 53.7 Å². The van der Waals surface area contributed by atoms with Crippen molar-refractivity contribution in [3.05, 3.63) is 95.1 Å². The van der Waals surface area contributed by atoms with E-state index in [9.17, 15) is 18.0 Å². The van der Waals surface area contributed by atoms with Crippen LogP contribution in [0.2, 0.25) is 0 Å². The molecule has 38 heavy (non-hydrogen) atoms. The molecule has 1 fully saturated rings. The number of carbonyl (C=O) groups is 1. The van der Waals surface area contributed by atoms with Crippen molar-refractivity contribution in [3.63, 3.8) is 0 Å². The van der Waals surface area contributed by atoms with Gasteiger partial charge in [-0.25, -0.2) is 0 Å². The van der Waals surface area contributed by atoms with Crippen LogP contribution in [0.25, 0.3) is 22.8 Å². The highest BCUT2D eigenvalue weighted by atomic mass is 19.4. The molecule has 4 aromatic rings. The molecule has 3 aromatic carbocycles. The van der Waals surface area contributed by atoms with E-state index in [0.717, 1.165) is 47.5 Å². The van der Waals surface area contributed by atoms with Crippen LogP contribution in [0, 0.1) is 6.92 Å². The third kappa shape index (κ3) is 5.94. The minimum atomic E-state index is -4.45. The van der Waals surface area contributed by atoms with Crippen LogP contribution in [0.3, 0.4) is 0 Å². The van der Waals surface area contributed by atoms with E-state index in [0.29, 0.717) is 31.9 Å². The Morgan fingerprint density at radius 3 is 2.42 bits per heavy atom. The lowest BCUT2D eigenvalue weighted by molar-refractivity contribution is -0.137. The summed E-state index contributed by atoms with van der Waals surface area (Å²) in [5.74, 6) is 0.489. The van der Waals surface area contributed by atoms with Crippen molar-refractivity contribution in [1.29, 1.82) is 0 Å². The zero-order valence-corrected chi connectivity index (χ0v) is 20.9. The van der Waals surface area contributed by atoms with Gasteiger partial charge in [0, 0.05) is 43.9 Å². The van der Waals surface area contributed by atoms with Gasteiger partial charge in [-0.05, 0) is 47.9 Å². The molecule has 2 heterocycles. The number of amides is 1. The largest absolute Gasteiger partial charge is 0.416 e. The highest BCUT2D eigenvalue weighted by molar-refractivity contribution is 5.79. The van der Waals surface area contributed by atoms with Crippen molar-refractivity contribution in [3.8, 4) is 22.8 Å². The van der Waals surface area contributed by atoms with E-state index < -0.39 is 11.7 Å². The Labute approximate surface area is 218 Å². The number of aromatic nitrogens is 2. The summed E-state index contributed by atoms with van der Waals surface area (Å²) in [6.45, 7) is 5.61. The third-order valence-corrected chi connectivity index (χ3v) is 6.78. The summed E-state index contributed by atoms with van der Waals surface area (Å²) in [5.41, 5.74) is 3.40. The number of nitrogens with zero attached hydrogens (tertiary/aromatic N) is 4. The Morgan fingerprint density at radius 1 is 0.921 bits per heavy atom. The molecule has 1 saturated heterocycles. The first-order valence-electron chi connectivity index (χ1n) is 12.4. The van der Waals surface area contributed by atoms with Gasteiger partial charge < -0.3 is 9.42 Å². The van der Waals surface area contributed by atoms with Crippen LogP contribution in [-0.4, -0.2) is 52.0 Å². The maximum atomic E-state index is 13.1. The zero-order valence-electron chi connectivity index (χ0n) is 20.9. The summed E-state index contributed by atoms with van der Waals surface area (Å²) in [5, 5.41) is 3.99. The first kappa shape index (κ1) is 25.7. The van der Waals surface area contributed by atoms with E-state index >= 15 is 0 Å². The van der Waals surface area contributed by atoms with Gasteiger partial charge in [0.2, 0.25) is 11.7 Å². The molecule has 0 saturated carbocycles. The van der Waals surface area contributed by atoms with Gasteiger partial charge in [-0.2, -0.15) is 18.2 Å². The topological polar surface area (TPSA) is 62.5 Å². The molecule has 1 amide bonds. The molecule has 0 N–H and O–H groups in total. The molecular weight excluding hydrogens is 493 g/mol. The van der Waals surface area contributed by atoms with Crippen molar-refractivity contribution < 1.29 is 22.5 Å². The van der Waals surface area contributed by atoms with Gasteiger partial charge in [-0.15, -0.1) is 0 Å². The van der Waals surface area contributed by atoms with Crippen LogP contribution >= 0.6 is 0 Å². The second-order valence-electron chi connectivity index (χ2n) is 9.46. The van der Waals surface area contributed by atoms with Gasteiger partial charge in [0.1, 0.15) is 0 Å². The summed E-state index contributed by atoms with van der Waals surface area (Å²) in [6.07, 6.45) is -4.03. The highest BCUT2D eigenvalue weighted by Gasteiger charge is 2.31. The van der Waals surface area contributed by atoms with Crippen LogP contribution in [0.4, 0.5) is 13.2 Å². The van der Waals surface area contributed by atoms with E-state index in [1.807, 2.05) is 60.4 Å². The molecule has 0 spiro atoms. The van der Waals surface area contributed by atoms with Crippen LogP contribution in [0.1, 0.15) is 22.3 Å². The maximum absolute atomic E-state index is 13.1. The van der Waals surface area contributed by atoms with Crippen molar-refractivity contribution in [2.75, 3.05) is 26.2 Å². The predicted octanol–water partition coefficient (Wildman–Crippen LogP) is 5.62. The lowest BCUT2D eigenvalue weighted by Crippen LogP contribution is -2.48. The molecular formula is C29H27F3N4O2. The van der Waals surface area contributed by atoms with Crippen molar-refractivity contribution in [2.24, 2.45) is 0 Å². The Bertz CT molecular complexity index is 1430. The normalized spacial score (nSPS) is 14.6. The summed E-state index contributed by atoms with van der Waals surface area (Å²) in [6, 6.07) is 20.5. The van der Waals surface area contributed by atoms with Gasteiger partial charge in [-0.3, -0.25) is 9.69 Å². The minimum absolute atomic E-state index is 0.0305. The molecule has 0 aliphatic carbocycles. The number of aryl methyl sites for hydroxylation is 1. The number of halogens is 3. The molecule has 1 aromatic heterocycles. The van der Waals surface area contributed by atoms with Gasteiger partial charge >= 0.3 is 6.18 Å². The Hall–Kier alpha value is -3.98. The molecule has 0 unspecified atom stereocenters. The second kappa shape index (κ2) is 10.8. The fourth-order valence-corrected chi connectivity index (χ4v) is 4.59. The van der Waals surface area contributed by atoms with E-state index in [-0.39, 0.29) is 17.4 Å². The standard InChI is InChI=1S/C29H27F3N4O2/c1-20-6-2-3-8-22(20)18-26(37)36-14-12-35(13-15-36)19-21-7-4-9-23(16-21)27-33-28(38-34-27)24-10-5-11-25(17-24)29(30,31)32/h2-11,16-17H,12-15,18-19H2,1H3. The SMILES string of the molecule is Cc1ccccc1CC(=O)N1CCN(Cc2cccc(-c3noc(-c4cccc(C(F)(F)F)c4)n3)c2)CC1. The molecule has 9 heteroatoms. The Balaban J connectivity index is 1.20. The summed E-state index contributed by atoms with van der Waals surface area (Å²) in [7, 11) is 0. The van der Waals surface area contributed by atoms with Crippen molar-refractivity contribution in [2.45, 2.75) is 26.1 Å². The first-order valence-corrected chi connectivity index (χ1v) is 12.4. The predicted molar refractivity (Wildman–Crippen MR) is 137 cm³/mol. The fourth-order valence-electron chi connectivity index (χ4n) is 4.59. The van der Waals surface area contributed by atoms with Crippen molar-refractivity contribution in [1.82, 2.24) is 19.9 Å². The fraction of sp³-hybridized carbons (Fsp3) is 0.276. The lowest BCUT2D eigenvalue weighted by atomic mass is 10.0. The molecule has 1 aliphatic heterocycles. The molecule has 5 rings (SSSR count). The zero-order chi connectivity index (χ0) is 26.7. The molecule has 0 radical (unpaired) electrons. The average molecular weight is 521 g/mol. The molecule has 1 aliphatic rings. The number of rotatable bonds is 6. The third-order valence-electron chi connectivity index (χ3n) is 6.78. The molecule has 6 nitrogen and oxygen atoms in total. The van der Waals surface area contributed by atoms with Crippen molar-refractivity contribution >= 4 is 5.91 Å². The van der Waals surface area contributed by atoms with Gasteiger partial charge in [0.25, 0.3) is 5.89 Å². The number of alkyl halides is 3. The first-order chi connectivity index (χ1) is 18.3. The van der Waals surface area contributed by atoms with Crippen LogP contribution < -0.4 is 0 Å². The quantitative estimate of drug-likeness (QED) is 0.330. The highest BCUT2D eigenvalue weighted by Crippen LogP contribution is 2.32. The molecule has 0 bridgehead atoms. The van der Waals surface area contributed by atoms with Gasteiger partial charge in [0.05, 0.1) is 12.0 Å². The monoisotopic (exact) mass is 520 g/mol. The van der Waals surface area contributed by atoms with E-state index in [2.05, 4.69) is 15.0 Å². The van der Waals surface area contributed by atoms with E-state index in [1.54, 1.807) is 0 Å². The van der Waals surface area contributed by atoms with E-state index in [1.165, 1.54) is 12.1 Å². The van der Waals surface area contributed by atoms with Crippen LogP contribution in [-0.2, 0) is 23.9 Å². The number of carbonyl (C=O) groups excluding carboxylic acids is 1. The summed E-state index contributed by atoms with van der Waals surface area (Å²) >= 11 is 0. The van der Waals surface area contributed by atoms with Crippen LogP contribution in [0.5, 0.6) is 0 Å². The number of piperazine rings is 1. The number of hydrogen-bond donors (Lipinski definition) is 0. The Morgan fingerprint density at radius 2 is 1.66 bits per heavy atom. The Kier molecular flexibility index (Phi) is 7.28. The smallest absolute Gasteiger partial charge is 0.340 e. The second-order valence-corrected chi connectivity index (χ2v) is 9.46. The lowest BCUT2D eigenvalue weighted by Gasteiger charge is -2.35. The molecule has 196 valence electrons. The number of benzene rings is 3. The minimum Gasteiger partial charge on any atom is -0.340 e. The number of hydrogen-bond acceptors (Lipinski definition) is 5. The maximum Gasteiger partial charge on any atom is 0.416 e. The van der Waals surface area contributed by atoms with E-state index in [4.69, 9.17) is 4.52 Å². The van der Waals surface area contributed by atoms with Gasteiger partial charge in [0.15, 0.2) is 0 Å². The summed E-state index contributed by atoms with van der Waals surface area (Å²) < 4.78 is 44.5. The molecule has 0 atom stereocenters. The average Bonchev–Trinajstić information content (AvgIpc) is 3.41. The van der Waals surface area contributed by atoms with Crippen LogP contribution in [0.15, 0.2) is 77.3 Å². The summed E-state index contributed by atoms with van der Waals surface area (Å²) in [4.78, 5) is 21.3.